The fraction of sp³-hybridized carbons (Fsp3) is 0.476. The first-order chi connectivity index (χ1) is 26.5. The molecule has 9 nitrogen and oxygen atoms in total. The van der Waals surface area contributed by atoms with Gasteiger partial charge in [-0.15, -0.1) is 0 Å². The topological polar surface area (TPSA) is 116 Å². The number of fused-ring (bicyclic) bond motifs is 4. The predicted octanol–water partition coefficient (Wildman–Crippen LogP) is 9.33. The number of halogens is 3. The van der Waals surface area contributed by atoms with Crippen LogP contribution in [0.3, 0.4) is 0 Å². The van der Waals surface area contributed by atoms with Gasteiger partial charge in [0.25, 0.3) is 0 Å². The summed E-state index contributed by atoms with van der Waals surface area (Å²) in [5, 5.41) is 28.6. The molecule has 286 valence electrons. The molecule has 3 aliphatic heterocycles. The number of nitrogens with zero attached hydrogens (tertiary/aromatic N) is 5. The van der Waals surface area contributed by atoms with Gasteiger partial charge in [0.1, 0.15) is 5.52 Å². The minimum atomic E-state index is -1.02. The molecule has 8 atom stereocenters. The zero-order chi connectivity index (χ0) is 38.4. The van der Waals surface area contributed by atoms with E-state index in [2.05, 4.69) is 38.2 Å². The van der Waals surface area contributed by atoms with Gasteiger partial charge in [-0.2, -0.15) is 9.64 Å². The van der Waals surface area contributed by atoms with Crippen LogP contribution >= 0.6 is 34.7 Å². The number of aliphatic hydroxyl groups is 1. The first-order valence-corrected chi connectivity index (χ1v) is 20.9. The molecule has 55 heavy (non-hydrogen) atoms. The van der Waals surface area contributed by atoms with E-state index in [-0.39, 0.29) is 77.1 Å². The number of pyridine rings is 1. The normalized spacial score (nSPS) is 25.8. The number of nitrogens with one attached hydrogen (secondary N) is 1. The van der Waals surface area contributed by atoms with E-state index >= 15 is 4.39 Å². The maximum absolute atomic E-state index is 17.4. The molecular weight excluding hydrogens is 758 g/mol. The standard InChI is InChI=1S/C42H43Cl2FN6O3S/c1-19-18-55-49-37(19)22(4)54-33-16-32(50(20(33)2)42(53)23-10-11-23)31-15-28-38(21(3)52)48-39-27(41(28)51(31)40-25-14-30(40)47-17-25)13-24(7-6-12-46)34(36(39)45)26-8-5-9-29(43)35(26)44/h5,8-9,13,15,18,20-23,25,30,32-33,40,47,52H,6-7,10-11,14,16-17H2,1-4H3. The summed E-state index contributed by atoms with van der Waals surface area (Å²) in [7, 11) is 0. The first kappa shape index (κ1) is 37.0. The quantitative estimate of drug-likeness (QED) is 0.145. The van der Waals surface area contributed by atoms with Crippen molar-refractivity contribution in [2.24, 2.45) is 11.8 Å². The Balaban J connectivity index is 1.29. The van der Waals surface area contributed by atoms with E-state index in [1.165, 1.54) is 11.5 Å². The highest BCUT2D eigenvalue weighted by Crippen LogP contribution is 2.52. The Labute approximate surface area is 333 Å². The number of aliphatic hydroxyl groups excluding tert-OH is 1. The molecule has 2 bridgehead atoms. The van der Waals surface area contributed by atoms with Crippen molar-refractivity contribution in [3.63, 3.8) is 0 Å². The van der Waals surface area contributed by atoms with Gasteiger partial charge in [0.15, 0.2) is 5.82 Å². The molecule has 2 aromatic carbocycles. The molecule has 8 unspecified atom stereocenters. The second-order valence-corrected chi connectivity index (χ2v) is 17.4. The minimum absolute atomic E-state index is 0.00895. The van der Waals surface area contributed by atoms with Gasteiger partial charge in [-0.1, -0.05) is 35.3 Å². The smallest absolute Gasteiger partial charge is 0.226 e. The second-order valence-electron chi connectivity index (χ2n) is 16.0. The number of hydrogen-bond donors (Lipinski definition) is 2. The number of rotatable bonds is 10. The molecule has 0 radical (unpaired) electrons. The average molecular weight is 802 g/mol. The van der Waals surface area contributed by atoms with Crippen LogP contribution in [0.15, 0.2) is 35.7 Å². The van der Waals surface area contributed by atoms with Crippen LogP contribution in [-0.4, -0.2) is 54.6 Å². The fourth-order valence-electron chi connectivity index (χ4n) is 9.63. The summed E-state index contributed by atoms with van der Waals surface area (Å²) >= 11 is 14.6. The number of amides is 1. The van der Waals surface area contributed by atoms with Gasteiger partial charge in [-0.3, -0.25) is 4.79 Å². The highest BCUT2D eigenvalue weighted by molar-refractivity contribution is 7.03. The largest absolute Gasteiger partial charge is 0.387 e. The number of aromatic nitrogens is 3. The molecule has 0 spiro atoms. The third kappa shape index (κ3) is 5.98. The molecule has 2 N–H and O–H groups in total. The zero-order valence-corrected chi connectivity index (χ0v) is 33.5. The van der Waals surface area contributed by atoms with Crippen LogP contribution in [0.1, 0.15) is 105 Å². The van der Waals surface area contributed by atoms with E-state index in [9.17, 15) is 15.2 Å². The molecule has 5 aliphatic rings. The molecule has 3 aromatic heterocycles. The Bertz CT molecular complexity index is 2390. The molecule has 10 rings (SSSR count). The Kier molecular flexibility index (Phi) is 9.47. The Hall–Kier alpha value is -3.63. The van der Waals surface area contributed by atoms with Crippen LogP contribution < -0.4 is 5.32 Å². The lowest BCUT2D eigenvalue weighted by Crippen LogP contribution is -2.43. The van der Waals surface area contributed by atoms with Crippen molar-refractivity contribution >= 4 is 62.4 Å². The monoisotopic (exact) mass is 800 g/mol. The summed E-state index contributed by atoms with van der Waals surface area (Å²) in [5.74, 6) is -0.108. The van der Waals surface area contributed by atoms with Crippen molar-refractivity contribution in [1.29, 1.82) is 5.26 Å². The molecule has 5 aromatic rings. The van der Waals surface area contributed by atoms with Crippen LogP contribution in [0.25, 0.3) is 32.9 Å². The molecule has 5 fully saturated rings. The van der Waals surface area contributed by atoms with Gasteiger partial charge < -0.3 is 24.6 Å². The number of carbonyl (C=O) groups is 1. The van der Waals surface area contributed by atoms with E-state index in [4.69, 9.17) is 32.9 Å². The third-order valence-corrected chi connectivity index (χ3v) is 14.1. The molecule has 2 saturated carbocycles. The lowest BCUT2D eigenvalue weighted by atomic mass is 9.79. The van der Waals surface area contributed by atoms with Crippen molar-refractivity contribution in [3.05, 3.63) is 79.8 Å². The van der Waals surface area contributed by atoms with Gasteiger partial charge in [0, 0.05) is 64.3 Å². The highest BCUT2D eigenvalue weighted by atomic mass is 35.5. The van der Waals surface area contributed by atoms with E-state index < -0.39 is 11.9 Å². The van der Waals surface area contributed by atoms with E-state index in [1.807, 2.05) is 25.3 Å². The van der Waals surface area contributed by atoms with Gasteiger partial charge in [-0.25, -0.2) is 9.37 Å². The van der Waals surface area contributed by atoms with E-state index in [1.54, 1.807) is 25.1 Å². The van der Waals surface area contributed by atoms with Crippen LogP contribution in [-0.2, 0) is 16.0 Å². The fourth-order valence-corrected chi connectivity index (χ4v) is 10.8. The molecule has 3 saturated heterocycles. The second kappa shape index (κ2) is 14.1. The number of carbonyl (C=O) groups excluding carboxylic acids is 1. The zero-order valence-electron chi connectivity index (χ0n) is 31.2. The Morgan fingerprint density at radius 1 is 1.20 bits per heavy atom. The van der Waals surface area contributed by atoms with Crippen molar-refractivity contribution < 1.29 is 19.0 Å². The van der Waals surface area contributed by atoms with Gasteiger partial charge >= 0.3 is 0 Å². The average Bonchev–Trinajstić information content (AvgIpc) is 3.52. The van der Waals surface area contributed by atoms with Crippen LogP contribution in [0.4, 0.5) is 4.39 Å². The Morgan fingerprint density at radius 3 is 2.65 bits per heavy atom. The number of hydrogen-bond acceptors (Lipinski definition) is 8. The molecule has 6 heterocycles. The van der Waals surface area contributed by atoms with Gasteiger partial charge in [-0.05, 0) is 100 Å². The van der Waals surface area contributed by atoms with Gasteiger partial charge in [0.2, 0.25) is 5.91 Å². The van der Waals surface area contributed by atoms with Crippen molar-refractivity contribution in [1.82, 2.24) is 24.1 Å². The van der Waals surface area contributed by atoms with Crippen molar-refractivity contribution in [2.75, 3.05) is 6.54 Å². The molecule has 13 heteroatoms. The number of ether oxygens (including phenoxy) is 1. The van der Waals surface area contributed by atoms with Crippen LogP contribution in [0.2, 0.25) is 10.0 Å². The van der Waals surface area contributed by atoms with Crippen molar-refractivity contribution in [3.8, 4) is 17.2 Å². The summed E-state index contributed by atoms with van der Waals surface area (Å²) < 4.78 is 31.2. The lowest BCUT2D eigenvalue weighted by Gasteiger charge is -2.39. The summed E-state index contributed by atoms with van der Waals surface area (Å²) in [6.45, 7) is 8.67. The molecular formula is C42H43Cl2FN6O3S. The first-order valence-electron chi connectivity index (χ1n) is 19.3. The number of nitriles is 1. The highest BCUT2D eigenvalue weighted by Gasteiger charge is 2.52. The molecule has 2 aliphatic carbocycles. The SMILES string of the molecule is Cc1csnc1C(C)OC1CC(c2cc3c(C(C)O)nc4c(F)c(-c5cccc(Cl)c5Cl)c(CCC#N)cc4c3n2C2C3CNC2C3)N(C(=O)C2CC2)C1C. The molecule has 1 amide bonds. The summed E-state index contributed by atoms with van der Waals surface area (Å²) in [6, 6.07) is 11.1. The predicted molar refractivity (Wildman–Crippen MR) is 213 cm³/mol. The van der Waals surface area contributed by atoms with Gasteiger partial charge in [0.05, 0.1) is 69.5 Å². The number of aryl methyl sites for hydroxylation is 2. The van der Waals surface area contributed by atoms with Crippen LogP contribution in [0.5, 0.6) is 0 Å². The minimum Gasteiger partial charge on any atom is -0.387 e. The number of likely N-dealkylation sites (tertiary alicyclic amines) is 1. The summed E-state index contributed by atoms with van der Waals surface area (Å²) in [6.07, 6.45) is 2.28. The van der Waals surface area contributed by atoms with Crippen LogP contribution in [0, 0.1) is 35.9 Å². The Morgan fingerprint density at radius 2 is 2.00 bits per heavy atom. The van der Waals surface area contributed by atoms with E-state index in [0.29, 0.717) is 39.6 Å². The number of benzene rings is 2. The summed E-state index contributed by atoms with van der Waals surface area (Å²) in [4.78, 5) is 21.3. The third-order valence-electron chi connectivity index (χ3n) is 12.5. The van der Waals surface area contributed by atoms with E-state index in [0.717, 1.165) is 53.7 Å². The maximum atomic E-state index is 17.4. The van der Waals surface area contributed by atoms with Crippen molar-refractivity contribution in [2.45, 2.75) is 109 Å². The summed E-state index contributed by atoms with van der Waals surface area (Å²) in [5.41, 5.74) is 5.49. The lowest BCUT2D eigenvalue weighted by molar-refractivity contribution is -0.137. The maximum Gasteiger partial charge on any atom is 0.226 e.